The second-order valence-electron chi connectivity index (χ2n) is 4.41. The number of nitrogens with two attached hydrogens (primary N) is 1. The van der Waals surface area contributed by atoms with E-state index in [0.717, 1.165) is 6.07 Å². The molecule has 0 atom stereocenters. The lowest BCUT2D eigenvalue weighted by Crippen LogP contribution is -2.21. The van der Waals surface area contributed by atoms with E-state index in [4.69, 9.17) is 5.73 Å². The topological polar surface area (TPSA) is 38.9 Å². The predicted molar refractivity (Wildman–Crippen MR) is 52.4 cm³/mol. The zero-order chi connectivity index (χ0) is 11.9. The van der Waals surface area contributed by atoms with Gasteiger partial charge in [-0.2, -0.15) is 13.2 Å². The Balaban J connectivity index is 3.41. The molecular formula is C10H13F3N2. The van der Waals surface area contributed by atoms with Gasteiger partial charge in [0.1, 0.15) is 0 Å². The van der Waals surface area contributed by atoms with Crippen LogP contribution in [0.2, 0.25) is 0 Å². The average Bonchev–Trinajstić information content (AvgIpc) is 2.00. The lowest BCUT2D eigenvalue weighted by atomic mass is 9.88. The van der Waals surface area contributed by atoms with Gasteiger partial charge in [-0.1, -0.05) is 20.8 Å². The summed E-state index contributed by atoms with van der Waals surface area (Å²) in [5, 5.41) is 0. The molecule has 0 saturated heterocycles. The summed E-state index contributed by atoms with van der Waals surface area (Å²) in [5.41, 5.74) is 3.94. The summed E-state index contributed by atoms with van der Waals surface area (Å²) in [7, 11) is 0. The standard InChI is InChI=1S/C10H13F3N2/c1-9(2,3)8-7(10(11,12)13)4-6(14)5-15-8/h4-5H,14H2,1-3H3. The van der Waals surface area contributed by atoms with Crippen LogP contribution < -0.4 is 5.73 Å². The summed E-state index contributed by atoms with van der Waals surface area (Å²) in [4.78, 5) is 3.77. The fraction of sp³-hybridized carbons (Fsp3) is 0.500. The van der Waals surface area contributed by atoms with Crippen molar-refractivity contribution < 1.29 is 13.2 Å². The molecule has 0 amide bonds. The van der Waals surface area contributed by atoms with Gasteiger partial charge in [-0.3, -0.25) is 4.98 Å². The summed E-state index contributed by atoms with van der Waals surface area (Å²) >= 11 is 0. The highest BCUT2D eigenvalue weighted by molar-refractivity contribution is 5.43. The summed E-state index contributed by atoms with van der Waals surface area (Å²) in [6.07, 6.45) is -3.17. The van der Waals surface area contributed by atoms with Crippen LogP contribution in [0.15, 0.2) is 12.3 Å². The van der Waals surface area contributed by atoms with Crippen molar-refractivity contribution in [3.05, 3.63) is 23.5 Å². The van der Waals surface area contributed by atoms with Crippen LogP contribution in [0.5, 0.6) is 0 Å². The third-order valence-electron chi connectivity index (χ3n) is 1.92. The van der Waals surface area contributed by atoms with Gasteiger partial charge >= 0.3 is 6.18 Å². The van der Waals surface area contributed by atoms with E-state index in [1.807, 2.05) is 0 Å². The number of anilines is 1. The van der Waals surface area contributed by atoms with Gasteiger partial charge in [0, 0.05) is 5.41 Å². The summed E-state index contributed by atoms with van der Waals surface area (Å²) in [5.74, 6) is 0. The Kier molecular flexibility index (Phi) is 2.67. The minimum atomic E-state index is -4.41. The summed E-state index contributed by atoms with van der Waals surface area (Å²) in [6, 6.07) is 0.924. The minimum Gasteiger partial charge on any atom is -0.397 e. The van der Waals surface area contributed by atoms with Crippen molar-refractivity contribution in [1.29, 1.82) is 0 Å². The molecule has 2 N–H and O–H groups in total. The van der Waals surface area contributed by atoms with E-state index in [1.54, 1.807) is 20.8 Å². The average molecular weight is 218 g/mol. The van der Waals surface area contributed by atoms with Crippen molar-refractivity contribution in [3.63, 3.8) is 0 Å². The fourth-order valence-electron chi connectivity index (χ4n) is 1.29. The Morgan fingerprint density at radius 2 is 1.73 bits per heavy atom. The van der Waals surface area contributed by atoms with Crippen LogP contribution in [-0.4, -0.2) is 4.98 Å². The molecule has 0 aliphatic heterocycles. The largest absolute Gasteiger partial charge is 0.418 e. The summed E-state index contributed by atoms with van der Waals surface area (Å²) in [6.45, 7) is 5.04. The Morgan fingerprint density at radius 1 is 1.20 bits per heavy atom. The number of halogens is 3. The van der Waals surface area contributed by atoms with Crippen molar-refractivity contribution in [2.24, 2.45) is 0 Å². The van der Waals surface area contributed by atoms with Crippen LogP contribution in [-0.2, 0) is 11.6 Å². The molecular weight excluding hydrogens is 205 g/mol. The van der Waals surface area contributed by atoms with E-state index in [0.29, 0.717) is 0 Å². The molecule has 1 heterocycles. The van der Waals surface area contributed by atoms with Crippen LogP contribution in [0.1, 0.15) is 32.0 Å². The van der Waals surface area contributed by atoms with Gasteiger partial charge < -0.3 is 5.73 Å². The smallest absolute Gasteiger partial charge is 0.397 e. The second kappa shape index (κ2) is 3.40. The normalized spacial score (nSPS) is 12.9. The van der Waals surface area contributed by atoms with Crippen LogP contribution in [0.25, 0.3) is 0 Å². The van der Waals surface area contributed by atoms with E-state index in [-0.39, 0.29) is 11.4 Å². The highest BCUT2D eigenvalue weighted by Crippen LogP contribution is 2.36. The first kappa shape index (κ1) is 11.8. The number of nitrogen functional groups attached to an aromatic ring is 1. The van der Waals surface area contributed by atoms with Crippen molar-refractivity contribution >= 4 is 5.69 Å². The van der Waals surface area contributed by atoms with E-state index < -0.39 is 17.2 Å². The van der Waals surface area contributed by atoms with Gasteiger partial charge in [0.2, 0.25) is 0 Å². The lowest BCUT2D eigenvalue weighted by molar-refractivity contribution is -0.139. The molecule has 0 radical (unpaired) electrons. The van der Waals surface area contributed by atoms with Crippen molar-refractivity contribution in [2.45, 2.75) is 32.4 Å². The highest BCUT2D eigenvalue weighted by Gasteiger charge is 2.37. The Bertz CT molecular complexity index is 364. The van der Waals surface area contributed by atoms with E-state index in [1.165, 1.54) is 6.20 Å². The quantitative estimate of drug-likeness (QED) is 0.727. The lowest BCUT2D eigenvalue weighted by Gasteiger charge is -2.22. The zero-order valence-electron chi connectivity index (χ0n) is 8.81. The maximum Gasteiger partial charge on any atom is 0.418 e. The van der Waals surface area contributed by atoms with Crippen LogP contribution in [0, 0.1) is 0 Å². The van der Waals surface area contributed by atoms with E-state index in [9.17, 15) is 13.2 Å². The molecule has 0 fully saturated rings. The molecule has 1 aromatic rings. The van der Waals surface area contributed by atoms with Gasteiger partial charge in [-0.25, -0.2) is 0 Å². The SMILES string of the molecule is CC(C)(C)c1ncc(N)cc1C(F)(F)F. The number of pyridine rings is 1. The maximum atomic E-state index is 12.7. The molecule has 0 aromatic carbocycles. The summed E-state index contributed by atoms with van der Waals surface area (Å²) < 4.78 is 38.0. The molecule has 0 bridgehead atoms. The molecule has 0 aliphatic carbocycles. The number of rotatable bonds is 0. The van der Waals surface area contributed by atoms with Gasteiger partial charge in [0.05, 0.1) is 23.1 Å². The number of nitrogens with zero attached hydrogens (tertiary/aromatic N) is 1. The van der Waals surface area contributed by atoms with Crippen LogP contribution >= 0.6 is 0 Å². The Labute approximate surface area is 86.3 Å². The molecule has 5 heteroatoms. The first-order valence-corrected chi connectivity index (χ1v) is 4.45. The van der Waals surface area contributed by atoms with Gasteiger partial charge in [-0.05, 0) is 6.07 Å². The first-order chi connectivity index (χ1) is 6.62. The molecule has 1 aromatic heterocycles. The van der Waals surface area contributed by atoms with Crippen LogP contribution in [0.4, 0.5) is 18.9 Å². The number of aromatic nitrogens is 1. The number of hydrogen-bond acceptors (Lipinski definition) is 2. The van der Waals surface area contributed by atoms with Gasteiger partial charge in [-0.15, -0.1) is 0 Å². The fourth-order valence-corrected chi connectivity index (χ4v) is 1.29. The van der Waals surface area contributed by atoms with Gasteiger partial charge in [0.25, 0.3) is 0 Å². The maximum absolute atomic E-state index is 12.7. The number of alkyl halides is 3. The van der Waals surface area contributed by atoms with E-state index in [2.05, 4.69) is 4.98 Å². The van der Waals surface area contributed by atoms with Crippen molar-refractivity contribution in [3.8, 4) is 0 Å². The van der Waals surface area contributed by atoms with Crippen molar-refractivity contribution in [1.82, 2.24) is 4.98 Å². The monoisotopic (exact) mass is 218 g/mol. The van der Waals surface area contributed by atoms with Crippen molar-refractivity contribution in [2.75, 3.05) is 5.73 Å². The van der Waals surface area contributed by atoms with E-state index >= 15 is 0 Å². The number of hydrogen-bond donors (Lipinski definition) is 1. The highest BCUT2D eigenvalue weighted by atomic mass is 19.4. The first-order valence-electron chi connectivity index (χ1n) is 4.45. The predicted octanol–water partition coefficient (Wildman–Crippen LogP) is 2.98. The second-order valence-corrected chi connectivity index (χ2v) is 4.41. The molecule has 0 spiro atoms. The molecule has 0 aliphatic rings. The molecule has 2 nitrogen and oxygen atoms in total. The molecule has 84 valence electrons. The van der Waals surface area contributed by atoms with Crippen LogP contribution in [0.3, 0.4) is 0 Å². The Hall–Kier alpha value is -1.26. The third kappa shape index (κ3) is 2.61. The minimum absolute atomic E-state index is 0.0178. The van der Waals surface area contributed by atoms with Gasteiger partial charge in [0.15, 0.2) is 0 Å². The third-order valence-corrected chi connectivity index (χ3v) is 1.92. The molecule has 15 heavy (non-hydrogen) atoms. The zero-order valence-corrected chi connectivity index (χ0v) is 8.81. The molecule has 0 unspecified atom stereocenters. The molecule has 1 rings (SSSR count). The molecule has 0 saturated carbocycles. The Morgan fingerprint density at radius 3 is 2.13 bits per heavy atom.